The van der Waals surface area contributed by atoms with Crippen LogP contribution in [0, 0.1) is 0 Å². The van der Waals surface area contributed by atoms with Crippen molar-refractivity contribution in [2.75, 3.05) is 13.2 Å². The predicted molar refractivity (Wildman–Crippen MR) is 334 cm³/mol. The molecular weight excluding hydrogens is 949 g/mol. The van der Waals surface area contributed by atoms with Crippen LogP contribution in [0.4, 0.5) is 0 Å². The molecule has 1 atom stereocenters. The van der Waals surface area contributed by atoms with Gasteiger partial charge in [0.15, 0.2) is 6.10 Å². The Morgan fingerprint density at radius 1 is 0.273 bits per heavy atom. The lowest BCUT2D eigenvalue weighted by Gasteiger charge is -2.18. The van der Waals surface area contributed by atoms with Crippen molar-refractivity contribution < 1.29 is 28.6 Å². The third kappa shape index (κ3) is 63.0. The van der Waals surface area contributed by atoms with Crippen molar-refractivity contribution in [3.63, 3.8) is 0 Å². The fraction of sp³-hybridized carbons (Fsp3) is 0.732. The van der Waals surface area contributed by atoms with Gasteiger partial charge in [0.1, 0.15) is 13.2 Å². The normalized spacial score (nSPS) is 12.7. The lowest BCUT2D eigenvalue weighted by atomic mass is 10.0. The van der Waals surface area contributed by atoms with E-state index in [1.807, 2.05) is 6.08 Å². The van der Waals surface area contributed by atoms with E-state index in [4.69, 9.17) is 14.2 Å². The quantitative estimate of drug-likeness (QED) is 0.0261. The molecular formula is C71H122O6. The van der Waals surface area contributed by atoms with Gasteiger partial charge in [-0.2, -0.15) is 0 Å². The average Bonchev–Trinajstić information content (AvgIpc) is 3.43. The molecule has 0 radical (unpaired) electrons. The molecule has 0 saturated carbocycles. The number of allylic oxidation sites excluding steroid dienone is 16. The first kappa shape index (κ1) is 73.3. The monoisotopic (exact) mass is 1070 g/mol. The molecule has 0 aromatic carbocycles. The van der Waals surface area contributed by atoms with E-state index in [0.717, 1.165) is 77.0 Å². The van der Waals surface area contributed by atoms with Gasteiger partial charge in [0.25, 0.3) is 0 Å². The van der Waals surface area contributed by atoms with Crippen molar-refractivity contribution in [3.8, 4) is 0 Å². The Morgan fingerprint density at radius 3 is 0.870 bits per heavy atom. The Morgan fingerprint density at radius 2 is 0.532 bits per heavy atom. The third-order valence-corrected chi connectivity index (χ3v) is 14.1. The summed E-state index contributed by atoms with van der Waals surface area (Å²) in [4.78, 5) is 38.3. The first-order valence-electron chi connectivity index (χ1n) is 32.7. The molecule has 0 spiro atoms. The summed E-state index contributed by atoms with van der Waals surface area (Å²) in [7, 11) is 0. The molecule has 6 heteroatoms. The molecule has 77 heavy (non-hydrogen) atoms. The summed E-state index contributed by atoms with van der Waals surface area (Å²) in [6.45, 7) is 6.49. The zero-order valence-corrected chi connectivity index (χ0v) is 50.7. The van der Waals surface area contributed by atoms with Crippen molar-refractivity contribution >= 4 is 17.9 Å². The van der Waals surface area contributed by atoms with E-state index < -0.39 is 6.10 Å². The summed E-state index contributed by atoms with van der Waals surface area (Å²) in [5, 5.41) is 0. The molecule has 0 aromatic heterocycles. The van der Waals surface area contributed by atoms with Crippen LogP contribution < -0.4 is 0 Å². The molecule has 0 N–H and O–H groups in total. The van der Waals surface area contributed by atoms with Crippen LogP contribution in [0.25, 0.3) is 0 Å². The topological polar surface area (TPSA) is 78.9 Å². The average molecular weight is 1070 g/mol. The third-order valence-electron chi connectivity index (χ3n) is 14.1. The summed E-state index contributed by atoms with van der Waals surface area (Å²) < 4.78 is 16.9. The Balaban J connectivity index is 4.46. The number of hydrogen-bond donors (Lipinski definition) is 0. The van der Waals surface area contributed by atoms with Crippen LogP contribution in [0.1, 0.15) is 316 Å². The van der Waals surface area contributed by atoms with Gasteiger partial charge in [-0.05, 0) is 109 Å². The van der Waals surface area contributed by atoms with Crippen molar-refractivity contribution in [2.24, 2.45) is 0 Å². The van der Waals surface area contributed by atoms with E-state index in [2.05, 4.69) is 112 Å². The summed E-state index contributed by atoms with van der Waals surface area (Å²) in [5.41, 5.74) is 0. The second-order valence-electron chi connectivity index (χ2n) is 21.6. The Labute approximate surface area is 477 Å². The summed E-state index contributed by atoms with van der Waals surface area (Å²) in [6, 6.07) is 0. The minimum Gasteiger partial charge on any atom is -0.462 e. The van der Waals surface area contributed by atoms with Crippen molar-refractivity contribution in [2.45, 2.75) is 322 Å². The second-order valence-corrected chi connectivity index (χ2v) is 21.6. The van der Waals surface area contributed by atoms with Crippen molar-refractivity contribution in [1.29, 1.82) is 0 Å². The number of esters is 3. The maximum Gasteiger partial charge on any atom is 0.306 e. The Kier molecular flexibility index (Phi) is 61.8. The second kappa shape index (κ2) is 64.9. The lowest BCUT2D eigenvalue weighted by molar-refractivity contribution is -0.166. The predicted octanol–water partition coefficient (Wildman–Crippen LogP) is 22.4. The molecule has 0 heterocycles. The largest absolute Gasteiger partial charge is 0.462 e. The highest BCUT2D eigenvalue weighted by atomic mass is 16.6. The van der Waals surface area contributed by atoms with Gasteiger partial charge in [0.05, 0.1) is 0 Å². The SMILES string of the molecule is CC/C=C\C/C=C\C/C=C\C/C=C\C/C=C\C/C=C\CCC(=O)OC[C@H](COC(=O)CCCCCCCCCCCCC/C=C\CCCCCCCC)OC(=O)CCCCCCCCCCC/C=C\CCCCCCCC. The first-order chi connectivity index (χ1) is 38.0. The van der Waals surface area contributed by atoms with Crippen LogP contribution in [0.15, 0.2) is 97.2 Å². The van der Waals surface area contributed by atoms with Gasteiger partial charge in [0.2, 0.25) is 0 Å². The van der Waals surface area contributed by atoms with Gasteiger partial charge in [0, 0.05) is 19.3 Å². The van der Waals surface area contributed by atoms with Crippen molar-refractivity contribution in [3.05, 3.63) is 97.2 Å². The van der Waals surface area contributed by atoms with Crippen LogP contribution >= 0.6 is 0 Å². The van der Waals surface area contributed by atoms with Crippen LogP contribution in [-0.4, -0.2) is 37.2 Å². The van der Waals surface area contributed by atoms with E-state index in [-0.39, 0.29) is 37.5 Å². The van der Waals surface area contributed by atoms with E-state index in [1.165, 1.54) is 193 Å². The number of ether oxygens (including phenoxy) is 3. The van der Waals surface area contributed by atoms with Gasteiger partial charge >= 0.3 is 17.9 Å². The van der Waals surface area contributed by atoms with Gasteiger partial charge in [-0.1, -0.05) is 285 Å². The molecule has 0 rings (SSSR count). The Hall–Kier alpha value is -3.67. The number of carbonyl (C=O) groups is 3. The molecule has 0 aliphatic heterocycles. The number of rotatable bonds is 59. The highest BCUT2D eigenvalue weighted by Crippen LogP contribution is 2.16. The van der Waals surface area contributed by atoms with Crippen LogP contribution in [0.5, 0.6) is 0 Å². The minimum absolute atomic E-state index is 0.101. The number of carbonyl (C=O) groups excluding carboxylic acids is 3. The zero-order valence-electron chi connectivity index (χ0n) is 50.7. The van der Waals surface area contributed by atoms with Crippen molar-refractivity contribution in [1.82, 2.24) is 0 Å². The number of unbranched alkanes of at least 4 members (excludes halogenated alkanes) is 32. The standard InChI is InChI=1S/C71H122O6/c1-4-7-10-13-16-19-22-25-28-31-34-35-38-40-43-46-49-52-55-58-61-64-70(73)76-67-68(77-71(74)65-62-59-56-53-50-47-44-41-37-33-30-27-24-21-18-15-12-9-6-3)66-75-69(72)63-60-57-54-51-48-45-42-39-36-32-29-26-23-20-17-14-11-8-5-2/h8,11,17,20,25-30,36,39,45,48,54,57,68H,4-7,9-10,12-16,18-19,21-24,31-35,37-38,40-44,46-47,49-53,55-56,58-67H2,1-3H3/b11-8-,20-17-,28-25-,29-26-,30-27-,39-36-,48-45-,57-54-/t68-/m1/s1. The zero-order chi connectivity index (χ0) is 55.7. The smallest absolute Gasteiger partial charge is 0.306 e. The maximum absolute atomic E-state index is 12.9. The molecule has 0 bridgehead atoms. The van der Waals surface area contributed by atoms with Crippen LogP contribution in [0.3, 0.4) is 0 Å². The summed E-state index contributed by atoms with van der Waals surface area (Å²) >= 11 is 0. The molecule has 0 aromatic rings. The molecule has 442 valence electrons. The molecule has 6 nitrogen and oxygen atoms in total. The van der Waals surface area contributed by atoms with Gasteiger partial charge in [-0.3, -0.25) is 14.4 Å². The summed E-state index contributed by atoms with van der Waals surface area (Å²) in [5.74, 6) is -0.980. The molecule has 0 fully saturated rings. The molecule has 0 aliphatic carbocycles. The van der Waals surface area contributed by atoms with Crippen LogP contribution in [-0.2, 0) is 28.6 Å². The maximum atomic E-state index is 12.9. The molecule has 0 saturated heterocycles. The van der Waals surface area contributed by atoms with Crippen LogP contribution in [0.2, 0.25) is 0 Å². The van der Waals surface area contributed by atoms with Gasteiger partial charge in [-0.15, -0.1) is 0 Å². The fourth-order valence-electron chi connectivity index (χ4n) is 9.17. The number of hydrogen-bond acceptors (Lipinski definition) is 6. The van der Waals surface area contributed by atoms with Gasteiger partial charge < -0.3 is 14.2 Å². The minimum atomic E-state index is -0.811. The Bertz CT molecular complexity index is 1510. The fourth-order valence-corrected chi connectivity index (χ4v) is 9.17. The lowest BCUT2D eigenvalue weighted by Crippen LogP contribution is -2.30. The first-order valence-corrected chi connectivity index (χ1v) is 32.7. The van der Waals surface area contributed by atoms with E-state index in [9.17, 15) is 14.4 Å². The van der Waals surface area contributed by atoms with E-state index in [0.29, 0.717) is 19.3 Å². The molecule has 0 amide bonds. The summed E-state index contributed by atoms with van der Waals surface area (Å²) in [6.07, 6.45) is 87.1. The highest BCUT2D eigenvalue weighted by Gasteiger charge is 2.19. The molecule has 0 aliphatic rings. The molecule has 0 unspecified atom stereocenters. The highest BCUT2D eigenvalue weighted by molar-refractivity contribution is 5.71. The van der Waals surface area contributed by atoms with E-state index in [1.54, 1.807) is 0 Å². The van der Waals surface area contributed by atoms with Gasteiger partial charge in [-0.25, -0.2) is 0 Å². The van der Waals surface area contributed by atoms with E-state index >= 15 is 0 Å².